The fraction of sp³-hybridized carbons (Fsp3) is 0.409. The van der Waals surface area contributed by atoms with Gasteiger partial charge in [-0.25, -0.2) is 0 Å². The summed E-state index contributed by atoms with van der Waals surface area (Å²) in [6.45, 7) is 4.25. The number of amides is 3. The Morgan fingerprint density at radius 3 is 2.44 bits per heavy atom. The molecule has 0 unspecified atom stereocenters. The number of carbonyl (C=O) groups excluding carboxylic acids is 3. The maximum absolute atomic E-state index is 13.0. The number of piperidine rings is 1. The monoisotopic (exact) mass is 438 g/mol. The molecule has 0 saturated carbocycles. The summed E-state index contributed by atoms with van der Waals surface area (Å²) in [6, 6.07) is 6.80. The van der Waals surface area contributed by atoms with Gasteiger partial charge in [-0.05, 0) is 50.5 Å². The third-order valence-electron chi connectivity index (χ3n) is 5.80. The quantitative estimate of drug-likeness (QED) is 0.578. The average molecular weight is 438 g/mol. The van der Waals surface area contributed by atoms with Crippen molar-refractivity contribution in [3.8, 4) is 0 Å². The maximum Gasteiger partial charge on any atom is 0.258 e. The molecule has 3 heterocycles. The summed E-state index contributed by atoms with van der Waals surface area (Å²) in [6.07, 6.45) is 2.98. The van der Waals surface area contributed by atoms with Crippen molar-refractivity contribution >= 4 is 40.9 Å². The van der Waals surface area contributed by atoms with E-state index in [0.717, 1.165) is 25.8 Å². The van der Waals surface area contributed by atoms with Crippen molar-refractivity contribution in [3.63, 3.8) is 0 Å². The molecule has 32 heavy (non-hydrogen) atoms. The molecule has 0 aliphatic carbocycles. The average Bonchev–Trinajstić information content (AvgIpc) is 2.74. The molecule has 3 amide bonds. The van der Waals surface area contributed by atoms with Crippen LogP contribution >= 0.6 is 0 Å². The van der Waals surface area contributed by atoms with E-state index < -0.39 is 17.4 Å². The highest BCUT2D eigenvalue weighted by Crippen LogP contribution is 2.31. The summed E-state index contributed by atoms with van der Waals surface area (Å²) in [4.78, 5) is 58.7. The molecule has 2 aliphatic heterocycles. The SMILES string of the molecule is CC(=O)Nc1ccc(NC(=O)[C@@H]2CC(=O)Nc3nc(N4CCCC[C@H]4C)[nH]c(=O)c32)cc1. The standard InChI is InChI=1S/C22H26N6O4/c1-12-5-3-4-10-28(12)22-26-19-18(21(32)27-22)16(11-17(30)25-19)20(31)24-15-8-6-14(7-9-15)23-13(2)29/h6-9,12,16H,3-5,10-11H2,1-2H3,(H,23,29)(H,24,31)(H2,25,26,27,30,32)/t12-,16-/m1/s1. The largest absolute Gasteiger partial charge is 0.340 e. The van der Waals surface area contributed by atoms with Crippen molar-refractivity contribution in [1.29, 1.82) is 0 Å². The van der Waals surface area contributed by atoms with E-state index in [-0.39, 0.29) is 35.7 Å². The molecule has 0 bridgehead atoms. The van der Waals surface area contributed by atoms with Gasteiger partial charge in [0.25, 0.3) is 5.56 Å². The first-order valence-corrected chi connectivity index (χ1v) is 10.7. The van der Waals surface area contributed by atoms with Crippen molar-refractivity contribution in [2.45, 2.75) is 51.5 Å². The Labute approximate surface area is 184 Å². The molecule has 4 rings (SSSR count). The number of anilines is 4. The van der Waals surface area contributed by atoms with Crippen LogP contribution in [-0.2, 0) is 14.4 Å². The predicted octanol–water partition coefficient (Wildman–Crippen LogP) is 2.17. The first-order valence-electron chi connectivity index (χ1n) is 10.7. The van der Waals surface area contributed by atoms with Gasteiger partial charge in [0, 0.05) is 37.3 Å². The number of H-pyrrole nitrogens is 1. The zero-order valence-corrected chi connectivity index (χ0v) is 18.0. The van der Waals surface area contributed by atoms with Crippen molar-refractivity contribution in [2.24, 2.45) is 0 Å². The van der Waals surface area contributed by atoms with Gasteiger partial charge in [0.2, 0.25) is 23.7 Å². The summed E-state index contributed by atoms with van der Waals surface area (Å²) in [5.41, 5.74) is 0.812. The minimum Gasteiger partial charge on any atom is -0.340 e. The van der Waals surface area contributed by atoms with Crippen LogP contribution in [0.2, 0.25) is 0 Å². The van der Waals surface area contributed by atoms with Crippen molar-refractivity contribution in [1.82, 2.24) is 9.97 Å². The Morgan fingerprint density at radius 2 is 1.78 bits per heavy atom. The normalized spacial score (nSPS) is 20.2. The summed E-state index contributed by atoms with van der Waals surface area (Å²) >= 11 is 0. The number of carbonyl (C=O) groups is 3. The Bertz CT molecular complexity index is 1110. The zero-order chi connectivity index (χ0) is 22.8. The smallest absolute Gasteiger partial charge is 0.258 e. The summed E-state index contributed by atoms with van der Waals surface area (Å²) in [5.74, 6) is -1.45. The highest BCUT2D eigenvalue weighted by molar-refractivity contribution is 6.04. The second-order valence-electron chi connectivity index (χ2n) is 8.24. The number of fused-ring (bicyclic) bond motifs is 1. The van der Waals surface area contributed by atoms with E-state index in [2.05, 4.69) is 32.8 Å². The van der Waals surface area contributed by atoms with E-state index in [0.29, 0.717) is 17.3 Å². The van der Waals surface area contributed by atoms with Gasteiger partial charge in [0.15, 0.2) is 0 Å². The number of benzene rings is 1. The molecular weight excluding hydrogens is 412 g/mol. The van der Waals surface area contributed by atoms with Crippen molar-refractivity contribution in [2.75, 3.05) is 27.4 Å². The molecule has 0 spiro atoms. The maximum atomic E-state index is 13.0. The lowest BCUT2D eigenvalue weighted by Crippen LogP contribution is -2.41. The van der Waals surface area contributed by atoms with E-state index >= 15 is 0 Å². The number of rotatable bonds is 4. The Morgan fingerprint density at radius 1 is 1.09 bits per heavy atom. The van der Waals surface area contributed by atoms with Crippen LogP contribution in [0.3, 0.4) is 0 Å². The van der Waals surface area contributed by atoms with Crippen LogP contribution in [0.15, 0.2) is 29.1 Å². The molecule has 2 aliphatic rings. The Hall–Kier alpha value is -3.69. The lowest BCUT2D eigenvalue weighted by atomic mass is 9.92. The summed E-state index contributed by atoms with van der Waals surface area (Å²) in [5, 5.41) is 8.04. The molecule has 4 N–H and O–H groups in total. The van der Waals surface area contributed by atoms with E-state index in [1.54, 1.807) is 24.3 Å². The van der Waals surface area contributed by atoms with Crippen LogP contribution in [0.1, 0.15) is 51.0 Å². The Balaban J connectivity index is 1.58. The van der Waals surface area contributed by atoms with Gasteiger partial charge in [0.05, 0.1) is 11.5 Å². The first kappa shape index (κ1) is 21.5. The lowest BCUT2D eigenvalue weighted by Gasteiger charge is -2.34. The van der Waals surface area contributed by atoms with Crippen LogP contribution in [-0.4, -0.2) is 40.3 Å². The first-order chi connectivity index (χ1) is 15.3. The summed E-state index contributed by atoms with van der Waals surface area (Å²) < 4.78 is 0. The van der Waals surface area contributed by atoms with E-state index in [1.807, 2.05) is 4.90 Å². The Kier molecular flexibility index (Phi) is 5.93. The minimum absolute atomic E-state index is 0.138. The molecule has 10 heteroatoms. The molecule has 2 atom stereocenters. The van der Waals surface area contributed by atoms with Gasteiger partial charge < -0.3 is 20.9 Å². The van der Waals surface area contributed by atoms with Crippen LogP contribution < -0.4 is 26.4 Å². The van der Waals surface area contributed by atoms with Gasteiger partial charge in [-0.3, -0.25) is 24.2 Å². The lowest BCUT2D eigenvalue weighted by molar-refractivity contribution is -0.123. The molecule has 1 fully saturated rings. The fourth-order valence-electron chi connectivity index (χ4n) is 4.20. The fourth-order valence-corrected chi connectivity index (χ4v) is 4.20. The van der Waals surface area contributed by atoms with E-state index in [9.17, 15) is 19.2 Å². The van der Waals surface area contributed by atoms with Crippen LogP contribution in [0.5, 0.6) is 0 Å². The number of aromatic nitrogens is 2. The van der Waals surface area contributed by atoms with Gasteiger partial charge in [-0.2, -0.15) is 4.98 Å². The molecule has 168 valence electrons. The molecule has 1 aromatic heterocycles. The van der Waals surface area contributed by atoms with Gasteiger partial charge in [-0.15, -0.1) is 0 Å². The molecule has 2 aromatic rings. The molecule has 1 saturated heterocycles. The van der Waals surface area contributed by atoms with Crippen LogP contribution in [0.25, 0.3) is 0 Å². The second-order valence-corrected chi connectivity index (χ2v) is 8.24. The number of hydrogen-bond acceptors (Lipinski definition) is 6. The van der Waals surface area contributed by atoms with Crippen LogP contribution in [0.4, 0.5) is 23.1 Å². The third-order valence-corrected chi connectivity index (χ3v) is 5.80. The highest BCUT2D eigenvalue weighted by atomic mass is 16.2. The molecule has 1 aromatic carbocycles. The minimum atomic E-state index is -0.960. The van der Waals surface area contributed by atoms with E-state index in [1.165, 1.54) is 6.92 Å². The zero-order valence-electron chi connectivity index (χ0n) is 18.0. The molecular formula is C22H26N6O4. The van der Waals surface area contributed by atoms with Crippen LogP contribution in [0, 0.1) is 0 Å². The molecule has 0 radical (unpaired) electrons. The number of nitrogens with one attached hydrogen (secondary N) is 4. The number of nitrogens with zero attached hydrogens (tertiary/aromatic N) is 2. The topological polar surface area (TPSA) is 136 Å². The van der Waals surface area contributed by atoms with E-state index in [4.69, 9.17) is 0 Å². The van der Waals surface area contributed by atoms with Gasteiger partial charge in [-0.1, -0.05) is 0 Å². The van der Waals surface area contributed by atoms with Gasteiger partial charge in [0.1, 0.15) is 5.82 Å². The second kappa shape index (κ2) is 8.81. The third kappa shape index (κ3) is 4.48. The van der Waals surface area contributed by atoms with Gasteiger partial charge >= 0.3 is 0 Å². The van der Waals surface area contributed by atoms with Crippen molar-refractivity contribution in [3.05, 3.63) is 40.2 Å². The summed E-state index contributed by atoms with van der Waals surface area (Å²) in [7, 11) is 0. The van der Waals surface area contributed by atoms with Crippen molar-refractivity contribution < 1.29 is 14.4 Å². The predicted molar refractivity (Wildman–Crippen MR) is 121 cm³/mol. The number of aromatic amines is 1. The molecule has 10 nitrogen and oxygen atoms in total. The number of hydrogen-bond donors (Lipinski definition) is 4. The highest BCUT2D eigenvalue weighted by Gasteiger charge is 2.35.